The molecule has 0 aliphatic carbocycles. The summed E-state index contributed by atoms with van der Waals surface area (Å²) in [5.41, 5.74) is 1.23. The fraction of sp³-hybridized carbons (Fsp3) is 0.971. The molecule has 3 N–H and O–H groups in total. The fourth-order valence-corrected chi connectivity index (χ4v) is 17.6. The second-order valence-corrected chi connectivity index (χ2v) is 28.7. The van der Waals surface area contributed by atoms with Crippen molar-refractivity contribution in [2.75, 3.05) is 63.4 Å². The summed E-state index contributed by atoms with van der Waals surface area (Å²) in [4.78, 5) is 31.4. The Balaban J connectivity index is 1.66. The zero-order valence-corrected chi connectivity index (χ0v) is 59.6. The summed E-state index contributed by atoms with van der Waals surface area (Å²) in [6.07, 6.45) is -8.83. The lowest BCUT2D eigenvalue weighted by Crippen LogP contribution is -2.75. The molecule has 6 fully saturated rings. The van der Waals surface area contributed by atoms with E-state index in [0.29, 0.717) is 32.1 Å². The topological polar surface area (TPSA) is 231 Å². The zero-order valence-electron chi connectivity index (χ0n) is 59.6. The third-order valence-corrected chi connectivity index (χ3v) is 24.0. The molecule has 89 heavy (non-hydrogen) atoms. The minimum Gasteiger partial charge on any atom is -0.467 e. The average Bonchev–Trinajstić information content (AvgIpc) is 1.18. The number of hydrogen-bond acceptors (Lipinski definition) is 20. The summed E-state index contributed by atoms with van der Waals surface area (Å²) in [6, 6.07) is -1.29. The van der Waals surface area contributed by atoms with Crippen LogP contribution in [0.3, 0.4) is 0 Å². The molecular formula is C68H124N2O19. The lowest BCUT2D eigenvalue weighted by atomic mass is 9.51. The van der Waals surface area contributed by atoms with Gasteiger partial charge in [0.1, 0.15) is 36.6 Å². The van der Waals surface area contributed by atoms with Crippen LogP contribution in [0.2, 0.25) is 0 Å². The molecule has 0 aromatic heterocycles. The Bertz CT molecular complexity index is 2240. The van der Waals surface area contributed by atoms with Gasteiger partial charge in [0, 0.05) is 91.1 Å². The fourth-order valence-electron chi connectivity index (χ4n) is 17.6. The number of aliphatic hydroxyl groups is 1. The summed E-state index contributed by atoms with van der Waals surface area (Å²) in [6.45, 7) is 37.8. The number of hydrogen-bond donors (Lipinski definition) is 2. The van der Waals surface area contributed by atoms with Crippen molar-refractivity contribution in [2.24, 2.45) is 58.0 Å². The third-order valence-electron chi connectivity index (χ3n) is 24.0. The molecular weight excluding hydrogens is 1150 g/mol. The quantitative estimate of drug-likeness (QED) is 0.0913. The van der Waals surface area contributed by atoms with E-state index >= 15 is 4.79 Å². The Kier molecular flexibility index (Phi) is 26.6. The number of amides is 1. The molecule has 30 unspecified atom stereocenters. The lowest BCUT2D eigenvalue weighted by Gasteiger charge is -2.64. The molecule has 1 amide bonds. The van der Waals surface area contributed by atoms with Crippen LogP contribution < -0.4 is 5.73 Å². The number of carbonyl (C=O) groups excluding carboxylic acids is 2. The highest BCUT2D eigenvalue weighted by atomic mass is 16.7. The van der Waals surface area contributed by atoms with Crippen molar-refractivity contribution in [3.8, 4) is 0 Å². The van der Waals surface area contributed by atoms with E-state index in [0.717, 1.165) is 0 Å². The third kappa shape index (κ3) is 13.7. The number of aliphatic hydroxyl groups excluding tert-OH is 1. The number of likely N-dealkylation sites (N-methyl/N-ethyl adjacent to an activating group) is 1. The maximum Gasteiger partial charge on any atom is 0.338 e. The van der Waals surface area contributed by atoms with E-state index in [1.807, 2.05) is 13.8 Å². The van der Waals surface area contributed by atoms with Crippen molar-refractivity contribution in [1.29, 1.82) is 0 Å². The van der Waals surface area contributed by atoms with Crippen molar-refractivity contribution in [2.45, 2.75) is 309 Å². The molecule has 0 radical (unpaired) electrons. The van der Waals surface area contributed by atoms with Crippen molar-refractivity contribution >= 4 is 11.9 Å². The molecule has 21 heteroatoms. The highest BCUT2D eigenvalue weighted by Gasteiger charge is 2.72. The number of esters is 1. The van der Waals surface area contributed by atoms with Gasteiger partial charge in [-0.3, -0.25) is 4.79 Å². The molecule has 4 bridgehead atoms. The van der Waals surface area contributed by atoms with Crippen LogP contribution in [0.25, 0.3) is 0 Å². The molecule has 6 aliphatic rings. The maximum atomic E-state index is 16.0. The minimum absolute atomic E-state index is 0.124. The molecule has 0 aromatic carbocycles. The molecule has 6 rings (SSSR count). The number of rotatable bonds is 23. The van der Waals surface area contributed by atoms with E-state index in [-0.39, 0.29) is 67.2 Å². The van der Waals surface area contributed by atoms with E-state index in [9.17, 15) is 9.90 Å². The van der Waals surface area contributed by atoms with Gasteiger partial charge in [0.2, 0.25) is 5.91 Å². The minimum atomic E-state index is -1.81. The van der Waals surface area contributed by atoms with Crippen LogP contribution in [-0.4, -0.2) is 225 Å². The van der Waals surface area contributed by atoms with Crippen LogP contribution in [0.1, 0.15) is 170 Å². The molecule has 520 valence electrons. The van der Waals surface area contributed by atoms with Crippen molar-refractivity contribution in [3.63, 3.8) is 0 Å². The van der Waals surface area contributed by atoms with Crippen molar-refractivity contribution in [1.82, 2.24) is 4.90 Å². The van der Waals surface area contributed by atoms with E-state index in [2.05, 4.69) is 104 Å². The zero-order chi connectivity index (χ0) is 66.8. The predicted molar refractivity (Wildman–Crippen MR) is 336 cm³/mol. The smallest absolute Gasteiger partial charge is 0.338 e. The first-order chi connectivity index (χ1) is 41.8. The number of fused-ring (bicyclic) bond motifs is 4. The highest BCUT2D eigenvalue weighted by molar-refractivity contribution is 5.82. The van der Waals surface area contributed by atoms with Gasteiger partial charge in [-0.05, 0) is 76.5 Å². The van der Waals surface area contributed by atoms with Crippen LogP contribution in [0.15, 0.2) is 0 Å². The maximum absolute atomic E-state index is 16.0. The molecule has 21 nitrogen and oxygen atoms in total. The normalized spacial score (nSPS) is 45.6. The lowest BCUT2D eigenvalue weighted by molar-refractivity contribution is -0.358. The number of carbonyl (C=O) groups is 2. The Morgan fingerprint density at radius 2 is 1.25 bits per heavy atom. The van der Waals surface area contributed by atoms with Gasteiger partial charge in [-0.1, -0.05) is 104 Å². The SMILES string of the molecule is CCC1OC2C(N)C(OC3OC(CC)C(C)C(OC(C)(C(C)(C(C)C)C4(C(=O)OC)CC(C)C(N(C)C(C)=O)C(C(OC)C(COC)OC)O4)CCC(C)(OC4C(CC)OC(OC5C(CC)OC(O)C(OC)C5C)C(OC)C4C)C2(C)C(C)C)C3OC)C1C. The van der Waals surface area contributed by atoms with E-state index in [1.165, 1.54) is 14.0 Å². The molecule has 0 aromatic rings. The Morgan fingerprint density at radius 3 is 1.75 bits per heavy atom. The van der Waals surface area contributed by atoms with Crippen molar-refractivity contribution in [3.05, 3.63) is 0 Å². The van der Waals surface area contributed by atoms with Crippen LogP contribution >= 0.6 is 0 Å². The summed E-state index contributed by atoms with van der Waals surface area (Å²) in [5.74, 6) is -2.75. The summed E-state index contributed by atoms with van der Waals surface area (Å²) < 4.78 is 110. The Hall–Kier alpha value is -1.74. The molecule has 0 spiro atoms. The van der Waals surface area contributed by atoms with Crippen LogP contribution in [-0.2, 0) is 85.4 Å². The summed E-state index contributed by atoms with van der Waals surface area (Å²) in [7, 11) is 12.8. The van der Waals surface area contributed by atoms with Gasteiger partial charge in [-0.2, -0.15) is 0 Å². The van der Waals surface area contributed by atoms with Crippen molar-refractivity contribution < 1.29 is 90.5 Å². The molecule has 30 atom stereocenters. The van der Waals surface area contributed by atoms with Gasteiger partial charge in [0.25, 0.3) is 0 Å². The first kappa shape index (κ1) is 76.3. The number of nitrogens with zero attached hydrogens (tertiary/aromatic N) is 1. The van der Waals surface area contributed by atoms with Crippen LogP contribution in [0, 0.1) is 52.3 Å². The van der Waals surface area contributed by atoms with Gasteiger partial charge in [0.05, 0.1) is 91.9 Å². The van der Waals surface area contributed by atoms with Gasteiger partial charge in [-0.25, -0.2) is 4.79 Å². The highest BCUT2D eigenvalue weighted by Crippen LogP contribution is 2.62. The first-order valence-corrected chi connectivity index (χ1v) is 33.7. The van der Waals surface area contributed by atoms with Gasteiger partial charge in [0.15, 0.2) is 24.5 Å². The van der Waals surface area contributed by atoms with Crippen LogP contribution in [0.5, 0.6) is 0 Å². The summed E-state index contributed by atoms with van der Waals surface area (Å²) >= 11 is 0. The second-order valence-electron chi connectivity index (χ2n) is 28.7. The Labute approximate surface area is 535 Å². The largest absolute Gasteiger partial charge is 0.467 e. The van der Waals surface area contributed by atoms with Crippen LogP contribution in [0.4, 0.5) is 0 Å². The predicted octanol–water partition coefficient (Wildman–Crippen LogP) is 8.51. The number of methoxy groups -OCH3 is 7. The van der Waals surface area contributed by atoms with Gasteiger partial charge >= 0.3 is 5.97 Å². The molecule has 6 aliphatic heterocycles. The standard InChI is InChI=1S/C68H124N2O19/c1-27-43-38(10)52-48(69)59(81-43)66(17,35(5)6)64(15,87-51-41(13)55(77-23)61(84-46(51)30-4)85-50-40(12)54(76-22)60(72)82-45(50)29-3)31-32-65(16,88-53-39(11)44(28-2)83-62(86-52)58(53)79-25)67(18,36(7)8)68(63(73)80-26)33-37(9)49(70(19)42(14)71)57(89-68)56(78-24)47(75-21)34-74-20/h35-41,43-62,72H,27-34,69H2,1-26H3. The first-order valence-electron chi connectivity index (χ1n) is 33.7. The van der Waals surface area contributed by atoms with Gasteiger partial charge in [-0.15, -0.1) is 0 Å². The van der Waals surface area contributed by atoms with E-state index in [1.54, 1.807) is 54.6 Å². The second kappa shape index (κ2) is 31.0. The average molecular weight is 1270 g/mol. The summed E-state index contributed by atoms with van der Waals surface area (Å²) in [5, 5.41) is 11.0. The van der Waals surface area contributed by atoms with Gasteiger partial charge < -0.3 is 91.5 Å². The number of nitrogens with two attached hydrogens (primary N) is 1. The van der Waals surface area contributed by atoms with E-state index < -0.39 is 156 Å². The molecule has 0 saturated carbocycles. The molecule has 6 saturated heterocycles. The monoisotopic (exact) mass is 1270 g/mol. The Morgan fingerprint density at radius 1 is 0.685 bits per heavy atom. The number of ether oxygens (including phenoxy) is 16. The molecule has 6 heterocycles. The van der Waals surface area contributed by atoms with E-state index in [4.69, 9.17) is 81.5 Å².